The minimum Gasteiger partial charge on any atom is -0.494 e. The second kappa shape index (κ2) is 4.08. The highest BCUT2D eigenvalue weighted by Crippen LogP contribution is 2.67. The standard InChI is InChI=1S/C17H15NO5/c1-7(19)22-9-4-2-3-8(5-9)18-16(20)12-10-6-11(13(12)17(18)21)15-14(10)23-15/h2-5,10-11,14-15,20-21H,6H2,1H3. The van der Waals surface area contributed by atoms with Gasteiger partial charge in [0.25, 0.3) is 0 Å². The third-order valence-corrected chi connectivity index (χ3v) is 5.14. The second-order valence-corrected chi connectivity index (χ2v) is 6.41. The lowest BCUT2D eigenvalue weighted by atomic mass is 9.95. The van der Waals surface area contributed by atoms with E-state index in [9.17, 15) is 15.0 Å². The number of aromatic hydroxyl groups is 2. The third kappa shape index (κ3) is 1.59. The normalized spacial score (nSPS) is 29.3. The number of benzene rings is 1. The lowest BCUT2D eigenvalue weighted by molar-refractivity contribution is -0.131. The van der Waals surface area contributed by atoms with Crippen LogP contribution in [0.25, 0.3) is 5.69 Å². The Morgan fingerprint density at radius 1 is 1.22 bits per heavy atom. The van der Waals surface area contributed by atoms with Crippen molar-refractivity contribution in [3.05, 3.63) is 35.4 Å². The van der Waals surface area contributed by atoms with E-state index in [1.807, 2.05) is 0 Å². The fourth-order valence-corrected chi connectivity index (χ4v) is 4.30. The smallest absolute Gasteiger partial charge is 0.308 e. The summed E-state index contributed by atoms with van der Waals surface area (Å²) in [7, 11) is 0. The summed E-state index contributed by atoms with van der Waals surface area (Å²) in [6, 6.07) is 6.74. The summed E-state index contributed by atoms with van der Waals surface area (Å²) in [6.45, 7) is 1.33. The number of carbonyl (C=O) groups is 1. The summed E-state index contributed by atoms with van der Waals surface area (Å²) in [6.07, 6.45) is 1.33. The van der Waals surface area contributed by atoms with E-state index in [-0.39, 0.29) is 35.8 Å². The van der Waals surface area contributed by atoms with Gasteiger partial charge in [-0.05, 0) is 18.6 Å². The minimum atomic E-state index is -0.416. The molecule has 0 amide bonds. The highest BCUT2D eigenvalue weighted by molar-refractivity contribution is 5.70. The van der Waals surface area contributed by atoms with Crippen molar-refractivity contribution in [2.45, 2.75) is 37.4 Å². The molecule has 1 aliphatic heterocycles. The van der Waals surface area contributed by atoms with Gasteiger partial charge >= 0.3 is 5.97 Å². The van der Waals surface area contributed by atoms with Crippen molar-refractivity contribution in [2.24, 2.45) is 0 Å². The molecule has 1 saturated carbocycles. The Morgan fingerprint density at radius 2 is 1.87 bits per heavy atom. The number of carbonyl (C=O) groups excluding carboxylic acids is 1. The van der Waals surface area contributed by atoms with Crippen molar-refractivity contribution in [2.75, 3.05) is 0 Å². The molecule has 6 nitrogen and oxygen atoms in total. The van der Waals surface area contributed by atoms with Crippen LogP contribution in [0.3, 0.4) is 0 Å². The lowest BCUT2D eigenvalue weighted by Crippen LogP contribution is -2.04. The summed E-state index contributed by atoms with van der Waals surface area (Å²) in [4.78, 5) is 11.1. The average molecular weight is 313 g/mol. The quantitative estimate of drug-likeness (QED) is 0.504. The maximum Gasteiger partial charge on any atom is 0.308 e. The van der Waals surface area contributed by atoms with Crippen LogP contribution >= 0.6 is 0 Å². The maximum absolute atomic E-state index is 11.1. The fourth-order valence-electron chi connectivity index (χ4n) is 4.30. The van der Waals surface area contributed by atoms with Crippen LogP contribution in [0.2, 0.25) is 0 Å². The monoisotopic (exact) mass is 313 g/mol. The number of ether oxygens (including phenoxy) is 2. The SMILES string of the molecule is CC(=O)Oc1cccc(-n2c(O)c3c(c2O)C2CC3C3OC23)c1. The van der Waals surface area contributed by atoms with Crippen molar-refractivity contribution >= 4 is 5.97 Å². The van der Waals surface area contributed by atoms with Gasteiger partial charge in [-0.1, -0.05) is 6.07 Å². The van der Waals surface area contributed by atoms with Gasteiger partial charge in [0, 0.05) is 36.0 Å². The van der Waals surface area contributed by atoms with Gasteiger partial charge in [-0.2, -0.15) is 0 Å². The fraction of sp³-hybridized carbons (Fsp3) is 0.353. The largest absolute Gasteiger partial charge is 0.494 e. The number of epoxide rings is 1. The first-order valence-corrected chi connectivity index (χ1v) is 7.67. The van der Waals surface area contributed by atoms with Crippen molar-refractivity contribution in [3.63, 3.8) is 0 Å². The van der Waals surface area contributed by atoms with E-state index in [4.69, 9.17) is 9.47 Å². The van der Waals surface area contributed by atoms with E-state index in [1.165, 1.54) is 11.5 Å². The van der Waals surface area contributed by atoms with Gasteiger partial charge in [0.1, 0.15) is 5.75 Å². The van der Waals surface area contributed by atoms with Crippen molar-refractivity contribution < 1.29 is 24.5 Å². The van der Waals surface area contributed by atoms with E-state index in [0.29, 0.717) is 11.4 Å². The highest BCUT2D eigenvalue weighted by Gasteiger charge is 2.64. The molecular formula is C17H15NO5. The molecule has 2 heterocycles. The first kappa shape index (κ1) is 13.0. The molecule has 2 aromatic rings. The molecule has 2 bridgehead atoms. The van der Waals surface area contributed by atoms with Crippen LogP contribution in [0.1, 0.15) is 36.3 Å². The van der Waals surface area contributed by atoms with Crippen molar-refractivity contribution in [3.8, 4) is 23.2 Å². The predicted octanol–water partition coefficient (Wildman–Crippen LogP) is 2.17. The number of nitrogens with zero attached hydrogens (tertiary/aromatic N) is 1. The van der Waals surface area contributed by atoms with Crippen LogP contribution in [0.4, 0.5) is 0 Å². The van der Waals surface area contributed by atoms with Crippen LogP contribution < -0.4 is 4.74 Å². The predicted molar refractivity (Wildman–Crippen MR) is 79.2 cm³/mol. The molecule has 4 atom stereocenters. The molecule has 118 valence electrons. The van der Waals surface area contributed by atoms with Crippen LogP contribution in [0.15, 0.2) is 24.3 Å². The minimum absolute atomic E-state index is 0.0546. The summed E-state index contributed by atoms with van der Waals surface area (Å²) in [5.74, 6) is 0.406. The van der Waals surface area contributed by atoms with E-state index in [0.717, 1.165) is 17.5 Å². The van der Waals surface area contributed by atoms with Gasteiger partial charge in [-0.3, -0.25) is 9.36 Å². The third-order valence-electron chi connectivity index (χ3n) is 5.14. The molecule has 0 radical (unpaired) electrons. The molecule has 5 rings (SSSR count). The Kier molecular flexibility index (Phi) is 2.31. The summed E-state index contributed by atoms with van der Waals surface area (Å²) in [5, 5.41) is 21.3. The van der Waals surface area contributed by atoms with Gasteiger partial charge in [-0.25, -0.2) is 0 Å². The Bertz CT molecular complexity index is 817. The molecular weight excluding hydrogens is 298 g/mol. The van der Waals surface area contributed by atoms with Crippen molar-refractivity contribution in [1.82, 2.24) is 4.57 Å². The van der Waals surface area contributed by atoms with Gasteiger partial charge in [-0.15, -0.1) is 0 Å². The number of hydrogen-bond acceptors (Lipinski definition) is 5. The topological polar surface area (TPSA) is 84.2 Å². The average Bonchev–Trinajstić information content (AvgIpc) is 3.01. The molecule has 1 aromatic carbocycles. The van der Waals surface area contributed by atoms with Crippen LogP contribution in [-0.4, -0.2) is 33.0 Å². The molecule has 1 aromatic heterocycles. The van der Waals surface area contributed by atoms with E-state index >= 15 is 0 Å². The Morgan fingerprint density at radius 3 is 2.48 bits per heavy atom. The highest BCUT2D eigenvalue weighted by atomic mass is 16.6. The Hall–Kier alpha value is -2.47. The summed E-state index contributed by atoms with van der Waals surface area (Å²) >= 11 is 0. The molecule has 6 heteroatoms. The molecule has 2 fully saturated rings. The number of hydrogen-bond donors (Lipinski definition) is 2. The van der Waals surface area contributed by atoms with Crippen LogP contribution in [0, 0.1) is 0 Å². The molecule has 2 N–H and O–H groups in total. The van der Waals surface area contributed by atoms with Gasteiger partial charge < -0.3 is 19.7 Å². The number of fused-ring (bicyclic) bond motifs is 8. The van der Waals surface area contributed by atoms with Crippen molar-refractivity contribution in [1.29, 1.82) is 0 Å². The molecule has 3 aliphatic rings. The van der Waals surface area contributed by atoms with Crippen LogP contribution in [-0.2, 0) is 9.53 Å². The summed E-state index contributed by atoms with van der Waals surface area (Å²) < 4.78 is 12.1. The maximum atomic E-state index is 11.1. The first-order valence-electron chi connectivity index (χ1n) is 7.67. The van der Waals surface area contributed by atoms with E-state index in [2.05, 4.69) is 0 Å². The van der Waals surface area contributed by atoms with Gasteiger partial charge in [0.05, 0.1) is 17.9 Å². The van der Waals surface area contributed by atoms with E-state index < -0.39 is 5.97 Å². The molecule has 23 heavy (non-hydrogen) atoms. The van der Waals surface area contributed by atoms with Crippen LogP contribution in [0.5, 0.6) is 17.5 Å². The first-order chi connectivity index (χ1) is 11.1. The zero-order chi connectivity index (χ0) is 15.9. The van der Waals surface area contributed by atoms with Gasteiger partial charge in [0.15, 0.2) is 0 Å². The summed E-state index contributed by atoms with van der Waals surface area (Å²) in [5.41, 5.74) is 2.18. The Balaban J connectivity index is 1.63. The Labute approximate surface area is 131 Å². The van der Waals surface area contributed by atoms with E-state index in [1.54, 1.807) is 24.3 Å². The molecule has 1 saturated heterocycles. The zero-order valence-electron chi connectivity index (χ0n) is 12.4. The number of aromatic nitrogens is 1. The number of esters is 1. The number of rotatable bonds is 2. The lowest BCUT2D eigenvalue weighted by Gasteiger charge is -2.12. The molecule has 2 aliphatic carbocycles. The molecule has 0 spiro atoms. The second-order valence-electron chi connectivity index (χ2n) is 6.41. The zero-order valence-corrected chi connectivity index (χ0v) is 12.4. The molecule has 4 unspecified atom stereocenters. The van der Waals surface area contributed by atoms with Gasteiger partial charge in [0.2, 0.25) is 11.8 Å².